The summed E-state index contributed by atoms with van der Waals surface area (Å²) in [6, 6.07) is 0. The molecule has 0 aromatic heterocycles. The van der Waals surface area contributed by atoms with Gasteiger partial charge in [-0.25, -0.2) is 0 Å². The standard InChI is InChI=1S/C33H63NO4/c1-27(2)15-11-16-28(3)17-12-18-29(4)19-13-20-30(5)23-24-32(21-9-10-26-37-31(6)35)38-33(36)22-14-25-34(7)8/h9-10,27-30,32H,11-26H2,1-8H3/b10-9-. The fourth-order valence-corrected chi connectivity index (χ4v) is 4.90. The molecule has 0 rings (SSSR count). The molecule has 0 spiro atoms. The summed E-state index contributed by atoms with van der Waals surface area (Å²) in [6.45, 7) is 14.4. The summed E-state index contributed by atoms with van der Waals surface area (Å²) in [5.74, 6) is 2.74. The average Bonchev–Trinajstić information content (AvgIpc) is 2.81. The number of ether oxygens (including phenoxy) is 2. The third kappa shape index (κ3) is 24.9. The molecule has 224 valence electrons. The molecule has 0 amide bonds. The fraction of sp³-hybridized carbons (Fsp3) is 0.879. The van der Waals surface area contributed by atoms with Crippen molar-refractivity contribution in [2.45, 2.75) is 138 Å². The van der Waals surface area contributed by atoms with Gasteiger partial charge in [-0.15, -0.1) is 0 Å². The Morgan fingerprint density at radius 2 is 1.24 bits per heavy atom. The summed E-state index contributed by atoms with van der Waals surface area (Å²) in [4.78, 5) is 25.4. The van der Waals surface area contributed by atoms with E-state index in [0.717, 1.165) is 43.6 Å². The molecule has 4 unspecified atom stereocenters. The van der Waals surface area contributed by atoms with Crippen LogP contribution in [0.1, 0.15) is 131 Å². The number of nitrogens with zero attached hydrogens (tertiary/aromatic N) is 1. The lowest BCUT2D eigenvalue weighted by atomic mass is 9.90. The third-order valence-electron chi connectivity index (χ3n) is 7.48. The Labute approximate surface area is 236 Å². The molecule has 0 saturated carbocycles. The highest BCUT2D eigenvalue weighted by molar-refractivity contribution is 5.69. The van der Waals surface area contributed by atoms with Gasteiger partial charge in [0.25, 0.3) is 0 Å². The monoisotopic (exact) mass is 537 g/mol. The lowest BCUT2D eigenvalue weighted by Gasteiger charge is -2.20. The van der Waals surface area contributed by atoms with Gasteiger partial charge in [0, 0.05) is 19.8 Å². The first kappa shape index (κ1) is 36.6. The molecular formula is C33H63NO4. The fourth-order valence-electron chi connectivity index (χ4n) is 4.90. The van der Waals surface area contributed by atoms with Crippen molar-refractivity contribution < 1.29 is 19.1 Å². The molecule has 0 fully saturated rings. The van der Waals surface area contributed by atoms with Crippen molar-refractivity contribution in [2.24, 2.45) is 23.7 Å². The molecule has 38 heavy (non-hydrogen) atoms. The summed E-state index contributed by atoms with van der Waals surface area (Å²) in [7, 11) is 4.03. The van der Waals surface area contributed by atoms with Gasteiger partial charge < -0.3 is 14.4 Å². The summed E-state index contributed by atoms with van der Waals surface area (Å²) in [5.41, 5.74) is 0. The van der Waals surface area contributed by atoms with E-state index in [2.05, 4.69) is 39.5 Å². The maximum absolute atomic E-state index is 12.4. The number of carbonyl (C=O) groups is 2. The first-order valence-electron chi connectivity index (χ1n) is 15.6. The van der Waals surface area contributed by atoms with E-state index >= 15 is 0 Å². The Balaban J connectivity index is 4.29. The first-order chi connectivity index (χ1) is 18.0. The van der Waals surface area contributed by atoms with Gasteiger partial charge in [-0.3, -0.25) is 9.59 Å². The van der Waals surface area contributed by atoms with E-state index in [9.17, 15) is 9.59 Å². The smallest absolute Gasteiger partial charge is 0.306 e. The molecule has 0 N–H and O–H groups in total. The van der Waals surface area contributed by atoms with Crippen molar-refractivity contribution in [1.82, 2.24) is 4.90 Å². The van der Waals surface area contributed by atoms with E-state index in [1.807, 2.05) is 26.2 Å². The second-order valence-corrected chi connectivity index (χ2v) is 12.6. The third-order valence-corrected chi connectivity index (χ3v) is 7.48. The second kappa shape index (κ2) is 23.5. The Morgan fingerprint density at radius 1 is 0.711 bits per heavy atom. The van der Waals surface area contributed by atoms with Crippen LogP contribution in [0.15, 0.2) is 12.2 Å². The molecule has 0 bridgehead atoms. The minimum absolute atomic E-state index is 0.110. The number of carbonyl (C=O) groups excluding carboxylic acids is 2. The normalized spacial score (nSPS) is 15.1. The molecule has 0 aliphatic heterocycles. The summed E-state index contributed by atoms with van der Waals surface area (Å²) in [5, 5.41) is 0. The quantitative estimate of drug-likeness (QED) is 0.0911. The molecule has 5 heteroatoms. The van der Waals surface area contributed by atoms with Gasteiger partial charge >= 0.3 is 11.9 Å². The van der Waals surface area contributed by atoms with Crippen LogP contribution < -0.4 is 0 Å². The van der Waals surface area contributed by atoms with Crippen LogP contribution in [-0.2, 0) is 19.1 Å². The molecule has 0 aromatic rings. The zero-order chi connectivity index (χ0) is 28.8. The van der Waals surface area contributed by atoms with Gasteiger partial charge in [0.05, 0.1) is 0 Å². The van der Waals surface area contributed by atoms with Crippen LogP contribution in [0.5, 0.6) is 0 Å². The van der Waals surface area contributed by atoms with Crippen LogP contribution in [0.2, 0.25) is 0 Å². The van der Waals surface area contributed by atoms with Crippen LogP contribution in [0.4, 0.5) is 0 Å². The van der Waals surface area contributed by atoms with E-state index < -0.39 is 0 Å². The van der Waals surface area contributed by atoms with Gasteiger partial charge in [-0.2, -0.15) is 0 Å². The molecule has 5 nitrogen and oxygen atoms in total. The lowest BCUT2D eigenvalue weighted by Crippen LogP contribution is -2.20. The van der Waals surface area contributed by atoms with E-state index in [0.29, 0.717) is 18.8 Å². The van der Waals surface area contributed by atoms with E-state index in [-0.39, 0.29) is 24.6 Å². The van der Waals surface area contributed by atoms with E-state index in [1.54, 1.807) is 0 Å². The molecule has 0 radical (unpaired) electrons. The molecule has 0 aromatic carbocycles. The first-order valence-corrected chi connectivity index (χ1v) is 15.6. The lowest BCUT2D eigenvalue weighted by molar-refractivity contribution is -0.149. The van der Waals surface area contributed by atoms with Crippen molar-refractivity contribution in [3.05, 3.63) is 12.2 Å². The summed E-state index contributed by atoms with van der Waals surface area (Å²) in [6.07, 6.45) is 19.6. The Hall–Kier alpha value is -1.36. The van der Waals surface area contributed by atoms with Crippen LogP contribution >= 0.6 is 0 Å². The van der Waals surface area contributed by atoms with Gasteiger partial charge in [-0.1, -0.05) is 105 Å². The van der Waals surface area contributed by atoms with Crippen molar-refractivity contribution >= 4 is 11.9 Å². The topological polar surface area (TPSA) is 55.8 Å². The molecule has 0 aliphatic rings. The van der Waals surface area contributed by atoms with Crippen molar-refractivity contribution in [1.29, 1.82) is 0 Å². The van der Waals surface area contributed by atoms with Gasteiger partial charge in [0.2, 0.25) is 0 Å². The predicted molar refractivity (Wildman–Crippen MR) is 161 cm³/mol. The highest BCUT2D eigenvalue weighted by atomic mass is 16.5. The van der Waals surface area contributed by atoms with Crippen LogP contribution in [0.25, 0.3) is 0 Å². The summed E-state index contributed by atoms with van der Waals surface area (Å²) < 4.78 is 10.8. The number of esters is 2. The Bertz CT molecular complexity index is 616. The summed E-state index contributed by atoms with van der Waals surface area (Å²) >= 11 is 0. The van der Waals surface area contributed by atoms with E-state index in [4.69, 9.17) is 9.47 Å². The Morgan fingerprint density at radius 3 is 1.74 bits per heavy atom. The maximum atomic E-state index is 12.4. The van der Waals surface area contributed by atoms with Crippen LogP contribution in [-0.4, -0.2) is 50.2 Å². The van der Waals surface area contributed by atoms with Gasteiger partial charge in [0.15, 0.2) is 0 Å². The number of hydrogen-bond acceptors (Lipinski definition) is 5. The largest absolute Gasteiger partial charge is 0.462 e. The molecule has 0 saturated heterocycles. The number of rotatable bonds is 24. The molecule has 4 atom stereocenters. The Kier molecular flexibility index (Phi) is 22.7. The minimum atomic E-state index is -0.284. The number of hydrogen-bond donors (Lipinski definition) is 0. The zero-order valence-corrected chi connectivity index (χ0v) is 26.4. The minimum Gasteiger partial charge on any atom is -0.462 e. The highest BCUT2D eigenvalue weighted by Crippen LogP contribution is 2.24. The second-order valence-electron chi connectivity index (χ2n) is 12.6. The molecular weight excluding hydrogens is 474 g/mol. The van der Waals surface area contributed by atoms with E-state index in [1.165, 1.54) is 64.7 Å². The predicted octanol–water partition coefficient (Wildman–Crippen LogP) is 8.60. The zero-order valence-electron chi connectivity index (χ0n) is 26.4. The van der Waals surface area contributed by atoms with Crippen LogP contribution in [0, 0.1) is 23.7 Å². The maximum Gasteiger partial charge on any atom is 0.306 e. The van der Waals surface area contributed by atoms with Gasteiger partial charge in [-0.05, 0) is 63.6 Å². The highest BCUT2D eigenvalue weighted by Gasteiger charge is 2.16. The average molecular weight is 538 g/mol. The van der Waals surface area contributed by atoms with Crippen LogP contribution in [0.3, 0.4) is 0 Å². The van der Waals surface area contributed by atoms with Crippen molar-refractivity contribution in [3.8, 4) is 0 Å². The van der Waals surface area contributed by atoms with Crippen molar-refractivity contribution in [2.75, 3.05) is 27.2 Å². The SMILES string of the molecule is CC(=O)OC/C=C\CC(CCC(C)CCCC(C)CCCC(C)CCCC(C)C)OC(=O)CCCN(C)C. The van der Waals surface area contributed by atoms with Gasteiger partial charge in [0.1, 0.15) is 12.7 Å². The molecule has 0 aliphatic carbocycles. The van der Waals surface area contributed by atoms with Crippen molar-refractivity contribution in [3.63, 3.8) is 0 Å². The molecule has 0 heterocycles.